The van der Waals surface area contributed by atoms with Crippen molar-refractivity contribution in [3.05, 3.63) is 23.3 Å². The van der Waals surface area contributed by atoms with E-state index in [0.717, 1.165) is 56.7 Å². The largest absolute Gasteiger partial charge is 0.482 e. The lowest BCUT2D eigenvalue weighted by atomic mass is 9.33. The number of likely N-dealkylation sites (tertiary alicyclic amines) is 1. The summed E-state index contributed by atoms with van der Waals surface area (Å²) in [5.74, 6) is 0.206. The van der Waals surface area contributed by atoms with E-state index in [-0.39, 0.29) is 34.2 Å². The molecule has 0 aromatic heterocycles. The number of aliphatic hydroxyl groups is 1. The van der Waals surface area contributed by atoms with Crippen LogP contribution in [-0.4, -0.2) is 76.8 Å². The van der Waals surface area contributed by atoms with Crippen LogP contribution < -0.4 is 14.8 Å². The molecule has 1 amide bonds. The first-order valence-electron chi connectivity index (χ1n) is 17.2. The first kappa shape index (κ1) is 31.3. The zero-order valence-electron chi connectivity index (χ0n) is 28.1. The molecule has 1 aromatic rings. The number of hydrogen-bond donors (Lipinski definition) is 3. The van der Waals surface area contributed by atoms with Gasteiger partial charge in [-0.2, -0.15) is 0 Å². The summed E-state index contributed by atoms with van der Waals surface area (Å²) in [4.78, 5) is 27.9. The minimum absolute atomic E-state index is 0.116. The normalized spacial score (nSPS) is 37.2. The molecular formula is C36H52N2O7. The second kappa shape index (κ2) is 10.1. The number of benzene rings is 1. The Labute approximate surface area is 267 Å². The predicted molar refractivity (Wildman–Crippen MR) is 169 cm³/mol. The van der Waals surface area contributed by atoms with Gasteiger partial charge in [-0.3, -0.25) is 4.90 Å². The monoisotopic (exact) mass is 624 g/mol. The van der Waals surface area contributed by atoms with Gasteiger partial charge >= 0.3 is 12.1 Å². The molecule has 3 unspecified atom stereocenters. The summed E-state index contributed by atoms with van der Waals surface area (Å²) in [7, 11) is 1.78. The van der Waals surface area contributed by atoms with Crippen molar-refractivity contribution in [2.45, 2.75) is 128 Å². The van der Waals surface area contributed by atoms with Gasteiger partial charge < -0.3 is 29.7 Å². The van der Waals surface area contributed by atoms with Gasteiger partial charge in [0.1, 0.15) is 17.7 Å². The molecular weight excluding hydrogens is 572 g/mol. The van der Waals surface area contributed by atoms with Crippen LogP contribution in [0, 0.1) is 28.6 Å². The van der Waals surface area contributed by atoms with Crippen LogP contribution in [0.3, 0.4) is 0 Å². The summed E-state index contributed by atoms with van der Waals surface area (Å²) in [6.07, 6.45) is 6.59. The van der Waals surface area contributed by atoms with E-state index in [4.69, 9.17) is 14.2 Å². The Balaban J connectivity index is 1.35. The van der Waals surface area contributed by atoms with Crippen LogP contribution in [0.5, 0.6) is 11.5 Å². The van der Waals surface area contributed by atoms with E-state index in [1.807, 2.05) is 19.9 Å². The molecule has 8 rings (SSSR count). The molecule has 2 aliphatic heterocycles. The van der Waals surface area contributed by atoms with Crippen molar-refractivity contribution < 1.29 is 34.0 Å². The van der Waals surface area contributed by atoms with Gasteiger partial charge in [-0.1, -0.05) is 47.1 Å². The molecule has 9 atom stereocenters. The third-order valence-electron chi connectivity index (χ3n) is 13.8. The van der Waals surface area contributed by atoms with Crippen molar-refractivity contribution in [3.63, 3.8) is 0 Å². The summed E-state index contributed by atoms with van der Waals surface area (Å²) in [6.45, 7) is 14.2. The van der Waals surface area contributed by atoms with Crippen LogP contribution in [0.2, 0.25) is 0 Å². The van der Waals surface area contributed by atoms with E-state index in [1.165, 1.54) is 18.4 Å². The summed E-state index contributed by atoms with van der Waals surface area (Å²) >= 11 is 0. The Hall–Kier alpha value is -2.36. The number of carbonyl (C=O) groups is 2. The molecule has 2 spiro atoms. The number of nitrogens with zero attached hydrogens (tertiary/aromatic N) is 1. The van der Waals surface area contributed by atoms with Gasteiger partial charge in [0.05, 0.1) is 5.60 Å². The highest BCUT2D eigenvalue weighted by molar-refractivity contribution is 5.81. The minimum atomic E-state index is -1.08. The fraction of sp³-hybridized carbons (Fsp3) is 0.778. The number of carbonyl (C=O) groups excluding carboxylic acids is 1. The lowest BCUT2D eigenvalue weighted by molar-refractivity contribution is -0.312. The van der Waals surface area contributed by atoms with Gasteiger partial charge in [-0.15, -0.1) is 0 Å². The van der Waals surface area contributed by atoms with Crippen LogP contribution >= 0.6 is 0 Å². The molecule has 5 aliphatic carbocycles. The molecule has 7 aliphatic rings. The second-order valence-corrected chi connectivity index (χ2v) is 16.5. The lowest BCUT2D eigenvalue weighted by Crippen LogP contribution is -2.83. The number of amides is 1. The third kappa shape index (κ3) is 4.08. The Bertz CT molecular complexity index is 1400. The van der Waals surface area contributed by atoms with Crippen molar-refractivity contribution in [2.24, 2.45) is 28.6 Å². The predicted octanol–water partition coefficient (Wildman–Crippen LogP) is 5.30. The summed E-state index contributed by atoms with van der Waals surface area (Å²) < 4.78 is 19.7. The topological polar surface area (TPSA) is 118 Å². The average Bonchev–Trinajstić information content (AvgIpc) is 3.73. The first-order chi connectivity index (χ1) is 21.2. The molecule has 2 heterocycles. The molecule has 4 saturated carbocycles. The number of carboxylic acids is 1. The van der Waals surface area contributed by atoms with Crippen LogP contribution in [0.4, 0.5) is 4.79 Å². The Kier molecular flexibility index (Phi) is 6.99. The number of hydrogen-bond acceptors (Lipinski definition) is 7. The number of rotatable bonds is 9. The van der Waals surface area contributed by atoms with E-state index in [1.54, 1.807) is 14.0 Å². The molecule has 5 fully saturated rings. The van der Waals surface area contributed by atoms with E-state index in [0.29, 0.717) is 24.0 Å². The molecule has 3 N–H and O–H groups in total. The van der Waals surface area contributed by atoms with Crippen molar-refractivity contribution in [1.82, 2.24) is 10.2 Å². The van der Waals surface area contributed by atoms with Gasteiger partial charge in [-0.25, -0.2) is 9.59 Å². The molecule has 0 radical (unpaired) electrons. The fourth-order valence-electron chi connectivity index (χ4n) is 10.6. The molecule has 248 valence electrons. The van der Waals surface area contributed by atoms with E-state index in [9.17, 15) is 19.8 Å². The van der Waals surface area contributed by atoms with Crippen LogP contribution in [0.1, 0.15) is 97.6 Å². The van der Waals surface area contributed by atoms with Gasteiger partial charge in [0.25, 0.3) is 0 Å². The van der Waals surface area contributed by atoms with Crippen LogP contribution in [0.15, 0.2) is 12.1 Å². The Morgan fingerprint density at radius 1 is 1.18 bits per heavy atom. The Morgan fingerprint density at radius 3 is 2.53 bits per heavy atom. The van der Waals surface area contributed by atoms with Crippen molar-refractivity contribution in [1.29, 1.82) is 0 Å². The number of methoxy groups -OCH3 is 1. The van der Waals surface area contributed by atoms with Gasteiger partial charge in [0.2, 0.25) is 0 Å². The van der Waals surface area contributed by atoms with Crippen molar-refractivity contribution in [2.75, 3.05) is 20.2 Å². The number of aliphatic carboxylic acids is 1. The number of carboxylic acid groups (broad SMARTS) is 1. The number of piperidine rings is 1. The maximum absolute atomic E-state index is 13.2. The van der Waals surface area contributed by atoms with Gasteiger partial charge in [0.15, 0.2) is 11.5 Å². The Morgan fingerprint density at radius 2 is 1.91 bits per heavy atom. The summed E-state index contributed by atoms with van der Waals surface area (Å²) in [5, 5.41) is 24.8. The summed E-state index contributed by atoms with van der Waals surface area (Å²) in [5.41, 5.74) is -0.164. The SMILES string of the molecule is CCC(C)[C@@H](NC(=O)Oc1ccc2c3c1OC1C4(OC)CC[C@@]5(C[C@@H]4[C@@](C)(O)C(C)(C)C)[C@@H](C2)N(CC2CC2)CC[C@]315)C(=O)O. The zero-order chi connectivity index (χ0) is 32.3. The van der Waals surface area contributed by atoms with Crippen molar-refractivity contribution >= 4 is 12.1 Å². The van der Waals surface area contributed by atoms with E-state index >= 15 is 0 Å². The molecule has 1 saturated heterocycles. The van der Waals surface area contributed by atoms with Crippen LogP contribution in [-0.2, 0) is 21.4 Å². The second-order valence-electron chi connectivity index (χ2n) is 16.5. The molecule has 45 heavy (non-hydrogen) atoms. The maximum atomic E-state index is 13.2. The quantitative estimate of drug-likeness (QED) is 0.339. The maximum Gasteiger partial charge on any atom is 0.413 e. The summed E-state index contributed by atoms with van der Waals surface area (Å²) in [6, 6.07) is 3.21. The number of nitrogens with one attached hydrogen (secondary N) is 1. The standard InChI is InChI=1S/C36H52N2O7/c1-8-20(2)27(29(39)40)37-31(41)44-23-12-11-22-17-25-34-13-14-36(43-7,24(18-34)33(6,42)32(3,4)5)30-35(34,26(22)28(23)45-30)15-16-38(25)19-21-9-10-21/h11-12,20-21,24-25,27,30,42H,8-10,13-19H2,1-7H3,(H,37,41)(H,39,40)/t20?,24-,25-,27-,30?,33-,34-,35+,36?/m1/s1. The third-order valence-corrected chi connectivity index (χ3v) is 13.8. The van der Waals surface area contributed by atoms with Crippen LogP contribution in [0.25, 0.3) is 0 Å². The van der Waals surface area contributed by atoms with E-state index in [2.05, 4.69) is 37.1 Å². The smallest absolute Gasteiger partial charge is 0.413 e. The molecule has 4 bridgehead atoms. The number of ether oxygens (including phenoxy) is 3. The minimum Gasteiger partial charge on any atom is -0.482 e. The average molecular weight is 625 g/mol. The zero-order valence-corrected chi connectivity index (χ0v) is 28.1. The highest BCUT2D eigenvalue weighted by Gasteiger charge is 2.82. The lowest BCUT2D eigenvalue weighted by Gasteiger charge is -2.75. The molecule has 9 heteroatoms. The van der Waals surface area contributed by atoms with E-state index < -0.39 is 29.3 Å². The highest BCUT2D eigenvalue weighted by atomic mass is 16.6. The molecule has 9 nitrogen and oxygen atoms in total. The van der Waals surface area contributed by atoms with Gasteiger partial charge in [0, 0.05) is 42.0 Å². The first-order valence-corrected chi connectivity index (χ1v) is 17.2. The molecule has 1 aromatic carbocycles. The fourth-order valence-corrected chi connectivity index (χ4v) is 10.6. The number of fused-ring (bicyclic) bond motifs is 2. The van der Waals surface area contributed by atoms with Crippen molar-refractivity contribution in [3.8, 4) is 11.5 Å². The van der Waals surface area contributed by atoms with Gasteiger partial charge in [-0.05, 0) is 87.3 Å². The highest BCUT2D eigenvalue weighted by Crippen LogP contribution is 2.78.